The van der Waals surface area contributed by atoms with E-state index in [1.807, 2.05) is 0 Å². The zero-order chi connectivity index (χ0) is 18.6. The summed E-state index contributed by atoms with van der Waals surface area (Å²) in [6, 6.07) is 10.1. The molecule has 0 aromatic heterocycles. The molecule has 1 unspecified atom stereocenters. The van der Waals surface area contributed by atoms with Gasteiger partial charge in [0.2, 0.25) is 0 Å². The molecular weight excluding hydrogens is 330 g/mol. The largest absolute Gasteiger partial charge is 0.458 e. The number of nitrogens with zero attached hydrogens (tertiary/aromatic N) is 2. The van der Waals surface area contributed by atoms with Gasteiger partial charge in [0, 0.05) is 24.7 Å². The van der Waals surface area contributed by atoms with Gasteiger partial charge in [0.1, 0.15) is 11.8 Å². The summed E-state index contributed by atoms with van der Waals surface area (Å²) in [5.41, 5.74) is 0.284. The fourth-order valence-electron chi connectivity index (χ4n) is 2.36. The molecule has 0 saturated carbocycles. The van der Waals surface area contributed by atoms with E-state index in [4.69, 9.17) is 4.74 Å². The molecule has 0 radical (unpaired) electrons. The molecular formula is C16H15N3O6. The quantitative estimate of drug-likeness (QED) is 0.478. The van der Waals surface area contributed by atoms with Gasteiger partial charge in [-0.2, -0.15) is 0 Å². The minimum absolute atomic E-state index is 0.141. The number of carbonyl (C=O) groups is 1. The summed E-state index contributed by atoms with van der Waals surface area (Å²) in [4.78, 5) is 32.3. The molecule has 9 nitrogen and oxygen atoms in total. The van der Waals surface area contributed by atoms with Crippen molar-refractivity contribution in [2.75, 3.05) is 5.32 Å². The van der Waals surface area contributed by atoms with Gasteiger partial charge in [-0.15, -0.1) is 0 Å². The van der Waals surface area contributed by atoms with Crippen molar-refractivity contribution in [3.8, 4) is 0 Å². The van der Waals surface area contributed by atoms with E-state index in [1.54, 1.807) is 12.1 Å². The van der Waals surface area contributed by atoms with Crippen LogP contribution in [-0.2, 0) is 9.53 Å². The van der Waals surface area contributed by atoms with Crippen molar-refractivity contribution < 1.29 is 19.4 Å². The van der Waals surface area contributed by atoms with Crippen LogP contribution < -0.4 is 5.32 Å². The molecule has 1 atom stereocenters. The van der Waals surface area contributed by atoms with Gasteiger partial charge in [0.05, 0.1) is 15.4 Å². The molecule has 0 aliphatic carbocycles. The Bertz CT molecular complexity index is 836. The molecule has 2 rings (SSSR count). The van der Waals surface area contributed by atoms with E-state index in [-0.39, 0.29) is 22.6 Å². The highest BCUT2D eigenvalue weighted by Gasteiger charge is 2.25. The fraction of sp³-hybridized carbons (Fsp3) is 0.188. The number of anilines is 2. The molecule has 9 heteroatoms. The fourth-order valence-corrected chi connectivity index (χ4v) is 2.36. The van der Waals surface area contributed by atoms with Crippen molar-refractivity contribution in [2.45, 2.75) is 20.0 Å². The summed E-state index contributed by atoms with van der Waals surface area (Å²) in [5, 5.41) is 25.2. The standard InChI is InChI=1S/C16H15N3O6/c1-10(25-11(2)20)14-7-4-8-15(16(14)19(23)24)17-12-5-3-6-13(9-12)18(21)22/h3-10,17H,1-2H3. The first-order valence-electron chi connectivity index (χ1n) is 7.25. The number of non-ortho nitro benzene ring substituents is 1. The van der Waals surface area contributed by atoms with Crippen LogP contribution in [0, 0.1) is 20.2 Å². The van der Waals surface area contributed by atoms with E-state index >= 15 is 0 Å². The Morgan fingerprint density at radius 2 is 1.80 bits per heavy atom. The maximum atomic E-state index is 11.5. The lowest BCUT2D eigenvalue weighted by atomic mass is 10.1. The highest BCUT2D eigenvalue weighted by Crippen LogP contribution is 2.36. The number of carbonyl (C=O) groups excluding carboxylic acids is 1. The minimum atomic E-state index is -0.815. The van der Waals surface area contributed by atoms with E-state index in [0.29, 0.717) is 5.69 Å². The van der Waals surface area contributed by atoms with Crippen molar-refractivity contribution in [3.63, 3.8) is 0 Å². The van der Waals surface area contributed by atoms with Gasteiger partial charge in [-0.05, 0) is 25.1 Å². The lowest BCUT2D eigenvalue weighted by Gasteiger charge is -2.15. The third-order valence-electron chi connectivity index (χ3n) is 3.37. The van der Waals surface area contributed by atoms with Crippen LogP contribution in [0.5, 0.6) is 0 Å². The second kappa shape index (κ2) is 7.39. The normalized spacial score (nSPS) is 11.4. The van der Waals surface area contributed by atoms with Gasteiger partial charge >= 0.3 is 5.97 Å². The van der Waals surface area contributed by atoms with Crippen LogP contribution in [-0.4, -0.2) is 15.8 Å². The van der Waals surface area contributed by atoms with Crippen molar-refractivity contribution in [3.05, 3.63) is 68.3 Å². The molecule has 2 aromatic rings. The highest BCUT2D eigenvalue weighted by molar-refractivity contribution is 5.73. The Labute approximate surface area is 142 Å². The maximum absolute atomic E-state index is 11.5. The number of nitrogens with one attached hydrogen (secondary N) is 1. The van der Waals surface area contributed by atoms with Crippen LogP contribution in [0.15, 0.2) is 42.5 Å². The molecule has 0 aliphatic rings. The molecule has 0 bridgehead atoms. The van der Waals surface area contributed by atoms with E-state index in [1.165, 1.54) is 44.2 Å². The molecule has 130 valence electrons. The second-order valence-electron chi connectivity index (χ2n) is 5.18. The Morgan fingerprint density at radius 1 is 1.12 bits per heavy atom. The number of ether oxygens (including phenoxy) is 1. The monoisotopic (exact) mass is 345 g/mol. The van der Waals surface area contributed by atoms with Crippen molar-refractivity contribution >= 4 is 28.7 Å². The van der Waals surface area contributed by atoms with Crippen molar-refractivity contribution in [1.82, 2.24) is 0 Å². The number of hydrogen-bond donors (Lipinski definition) is 1. The summed E-state index contributed by atoms with van der Waals surface area (Å²) in [5.74, 6) is -0.557. The number of hydrogen-bond acceptors (Lipinski definition) is 7. The van der Waals surface area contributed by atoms with E-state index in [2.05, 4.69) is 5.32 Å². The molecule has 0 aliphatic heterocycles. The first-order chi connectivity index (χ1) is 11.8. The summed E-state index contributed by atoms with van der Waals surface area (Å²) in [6.07, 6.45) is -0.815. The third kappa shape index (κ3) is 4.28. The zero-order valence-electron chi connectivity index (χ0n) is 13.5. The number of esters is 1. The van der Waals surface area contributed by atoms with Gasteiger partial charge in [0.15, 0.2) is 0 Å². The first kappa shape index (κ1) is 17.9. The van der Waals surface area contributed by atoms with Gasteiger partial charge < -0.3 is 10.1 Å². The molecule has 1 N–H and O–H groups in total. The molecule has 2 aromatic carbocycles. The first-order valence-corrected chi connectivity index (χ1v) is 7.25. The topological polar surface area (TPSA) is 125 Å². The number of benzene rings is 2. The van der Waals surface area contributed by atoms with Crippen LogP contribution in [0.3, 0.4) is 0 Å². The molecule has 0 saturated heterocycles. The summed E-state index contributed by atoms with van der Waals surface area (Å²) >= 11 is 0. The number of para-hydroxylation sites is 1. The SMILES string of the molecule is CC(=O)OC(C)c1cccc(Nc2cccc([N+](=O)[O-])c2)c1[N+](=O)[O-]. The highest BCUT2D eigenvalue weighted by atomic mass is 16.6. The zero-order valence-corrected chi connectivity index (χ0v) is 13.5. The average molecular weight is 345 g/mol. The Kier molecular flexibility index (Phi) is 5.28. The van der Waals surface area contributed by atoms with E-state index in [9.17, 15) is 25.0 Å². The lowest BCUT2D eigenvalue weighted by molar-refractivity contribution is -0.385. The number of nitro benzene ring substituents is 2. The Morgan fingerprint density at radius 3 is 2.40 bits per heavy atom. The Hall–Kier alpha value is -3.49. The average Bonchev–Trinajstić information content (AvgIpc) is 2.54. The summed E-state index contributed by atoms with van der Waals surface area (Å²) in [6.45, 7) is 2.74. The maximum Gasteiger partial charge on any atom is 0.303 e. The molecule has 25 heavy (non-hydrogen) atoms. The van der Waals surface area contributed by atoms with Crippen LogP contribution in [0.2, 0.25) is 0 Å². The molecule has 0 spiro atoms. The van der Waals surface area contributed by atoms with Gasteiger partial charge in [-0.1, -0.05) is 12.1 Å². The molecule has 0 fully saturated rings. The molecule has 0 heterocycles. The van der Waals surface area contributed by atoms with Gasteiger partial charge in [0.25, 0.3) is 11.4 Å². The van der Waals surface area contributed by atoms with Gasteiger partial charge in [-0.3, -0.25) is 25.0 Å². The predicted octanol–water partition coefficient (Wildman–Crippen LogP) is 3.87. The smallest absolute Gasteiger partial charge is 0.303 e. The summed E-state index contributed by atoms with van der Waals surface area (Å²) in [7, 11) is 0. The number of rotatable bonds is 6. The summed E-state index contributed by atoms with van der Waals surface area (Å²) < 4.78 is 5.02. The van der Waals surface area contributed by atoms with Crippen LogP contribution >= 0.6 is 0 Å². The molecule has 0 amide bonds. The third-order valence-corrected chi connectivity index (χ3v) is 3.37. The Balaban J connectivity index is 2.44. The van der Waals surface area contributed by atoms with Gasteiger partial charge in [-0.25, -0.2) is 0 Å². The van der Waals surface area contributed by atoms with E-state index < -0.39 is 21.9 Å². The van der Waals surface area contributed by atoms with Crippen molar-refractivity contribution in [2.24, 2.45) is 0 Å². The number of nitro groups is 2. The van der Waals surface area contributed by atoms with Crippen LogP contribution in [0.25, 0.3) is 0 Å². The van der Waals surface area contributed by atoms with Crippen molar-refractivity contribution in [1.29, 1.82) is 0 Å². The second-order valence-corrected chi connectivity index (χ2v) is 5.18. The van der Waals surface area contributed by atoms with Crippen LogP contribution in [0.1, 0.15) is 25.5 Å². The lowest BCUT2D eigenvalue weighted by Crippen LogP contribution is -2.09. The van der Waals surface area contributed by atoms with E-state index in [0.717, 1.165) is 0 Å². The predicted molar refractivity (Wildman–Crippen MR) is 89.7 cm³/mol. The minimum Gasteiger partial charge on any atom is -0.458 e. The van der Waals surface area contributed by atoms with Crippen LogP contribution in [0.4, 0.5) is 22.7 Å².